The third-order valence-corrected chi connectivity index (χ3v) is 6.80. The van der Waals surface area contributed by atoms with Gasteiger partial charge in [-0.1, -0.05) is 43.0 Å². The van der Waals surface area contributed by atoms with Gasteiger partial charge >= 0.3 is 5.97 Å². The van der Waals surface area contributed by atoms with Crippen molar-refractivity contribution in [1.29, 1.82) is 0 Å². The summed E-state index contributed by atoms with van der Waals surface area (Å²) < 4.78 is 0. The average Bonchev–Trinajstić information content (AvgIpc) is 2.96. The molecule has 2 aromatic carbocycles. The summed E-state index contributed by atoms with van der Waals surface area (Å²) >= 11 is 6.36. The fourth-order valence-corrected chi connectivity index (χ4v) is 5.64. The molecule has 3 N–H and O–H groups in total. The molecule has 1 saturated carbocycles. The number of carbonyl (C=O) groups is 1. The molecule has 6 heteroatoms. The molecule has 28 heavy (non-hydrogen) atoms. The lowest BCUT2D eigenvalue weighted by Crippen LogP contribution is -2.64. The van der Waals surface area contributed by atoms with Crippen LogP contribution in [0.15, 0.2) is 42.5 Å². The van der Waals surface area contributed by atoms with Crippen LogP contribution in [0.5, 0.6) is 0 Å². The smallest absolute Gasteiger partial charge is 0.323 e. The highest BCUT2D eigenvalue weighted by Crippen LogP contribution is 2.57. The van der Waals surface area contributed by atoms with Crippen molar-refractivity contribution in [3.63, 3.8) is 0 Å². The van der Waals surface area contributed by atoms with Gasteiger partial charge in [0.2, 0.25) is 0 Å². The maximum absolute atomic E-state index is 11.9. The van der Waals surface area contributed by atoms with E-state index >= 15 is 0 Å². The Kier molecular flexibility index (Phi) is 4.16. The first kappa shape index (κ1) is 17.7. The van der Waals surface area contributed by atoms with Crippen molar-refractivity contribution in [2.24, 2.45) is 5.92 Å². The van der Waals surface area contributed by atoms with Gasteiger partial charge in [0.15, 0.2) is 0 Å². The van der Waals surface area contributed by atoms with Crippen LogP contribution in [0.25, 0.3) is 0 Å². The summed E-state index contributed by atoms with van der Waals surface area (Å²) in [6.45, 7) is -0.0432. The van der Waals surface area contributed by atoms with Gasteiger partial charge in [-0.15, -0.1) is 0 Å². The number of hydrogen-bond donors (Lipinski definition) is 3. The number of para-hydroxylation sites is 2. The highest BCUT2D eigenvalue weighted by Gasteiger charge is 2.58. The van der Waals surface area contributed by atoms with Crippen LogP contribution in [-0.4, -0.2) is 23.3 Å². The maximum atomic E-state index is 11.9. The molecule has 0 bridgehead atoms. The van der Waals surface area contributed by atoms with Crippen molar-refractivity contribution >= 4 is 34.6 Å². The van der Waals surface area contributed by atoms with Crippen LogP contribution in [0.2, 0.25) is 5.02 Å². The Bertz CT molecular complexity index is 928. The van der Waals surface area contributed by atoms with Crippen LogP contribution in [0.1, 0.15) is 43.7 Å². The molecule has 0 saturated heterocycles. The lowest BCUT2D eigenvalue weighted by molar-refractivity contribution is -0.135. The van der Waals surface area contributed by atoms with Gasteiger partial charge in [0.25, 0.3) is 0 Å². The molecule has 2 aliphatic heterocycles. The summed E-state index contributed by atoms with van der Waals surface area (Å²) in [7, 11) is 0. The van der Waals surface area contributed by atoms with Crippen molar-refractivity contribution in [2.75, 3.05) is 22.1 Å². The summed E-state index contributed by atoms with van der Waals surface area (Å²) in [5.41, 5.74) is 3.58. The third kappa shape index (κ3) is 2.56. The van der Waals surface area contributed by atoms with E-state index in [-0.39, 0.29) is 12.6 Å². The standard InChI is InChI=1S/C22H24ClN3O2/c23-15-10-11-19-16(12-15)21-22(26(19)13-20(27)28,14-6-2-1-3-7-14)25-18-9-5-4-8-17(18)24-21/h4-5,8-12,14,21,24-25H,1-3,6-7,13H2,(H,27,28). The topological polar surface area (TPSA) is 64.6 Å². The predicted molar refractivity (Wildman–Crippen MR) is 112 cm³/mol. The molecule has 2 aromatic rings. The number of hydrogen-bond acceptors (Lipinski definition) is 4. The first-order chi connectivity index (χ1) is 13.6. The predicted octanol–water partition coefficient (Wildman–Crippen LogP) is 5.10. The number of carboxylic acids is 1. The number of fused-ring (bicyclic) bond motifs is 4. The minimum absolute atomic E-state index is 0.0432. The third-order valence-electron chi connectivity index (χ3n) is 6.56. The molecular formula is C22H24ClN3O2. The molecule has 5 nitrogen and oxygen atoms in total. The molecule has 5 rings (SSSR count). The fraction of sp³-hybridized carbons (Fsp3) is 0.409. The second-order valence-electron chi connectivity index (χ2n) is 8.09. The Morgan fingerprint density at radius 1 is 1.14 bits per heavy atom. The van der Waals surface area contributed by atoms with Crippen molar-refractivity contribution in [3.05, 3.63) is 53.1 Å². The lowest BCUT2D eigenvalue weighted by Gasteiger charge is -2.53. The molecule has 0 aromatic heterocycles. The van der Waals surface area contributed by atoms with Crippen LogP contribution in [0.3, 0.4) is 0 Å². The van der Waals surface area contributed by atoms with E-state index in [0.717, 1.165) is 35.5 Å². The molecule has 2 heterocycles. The molecule has 2 unspecified atom stereocenters. The van der Waals surface area contributed by atoms with Gasteiger partial charge in [-0.2, -0.15) is 0 Å². The molecule has 0 radical (unpaired) electrons. The van der Waals surface area contributed by atoms with Crippen LogP contribution in [0, 0.1) is 5.92 Å². The first-order valence-electron chi connectivity index (χ1n) is 10.0. The lowest BCUT2D eigenvalue weighted by atomic mass is 9.74. The second kappa shape index (κ2) is 6.59. The van der Waals surface area contributed by atoms with Gasteiger partial charge in [0.1, 0.15) is 12.2 Å². The number of halogens is 1. The van der Waals surface area contributed by atoms with E-state index in [0.29, 0.717) is 10.9 Å². The number of anilines is 3. The van der Waals surface area contributed by atoms with Gasteiger partial charge < -0.3 is 20.6 Å². The van der Waals surface area contributed by atoms with Crippen molar-refractivity contribution in [3.8, 4) is 0 Å². The first-order valence-corrected chi connectivity index (χ1v) is 10.4. The zero-order valence-corrected chi connectivity index (χ0v) is 16.4. The van der Waals surface area contributed by atoms with E-state index in [2.05, 4.69) is 27.7 Å². The van der Waals surface area contributed by atoms with Crippen molar-refractivity contribution in [2.45, 2.75) is 43.8 Å². The van der Waals surface area contributed by atoms with Crippen LogP contribution in [0.4, 0.5) is 17.1 Å². The largest absolute Gasteiger partial charge is 0.480 e. The Hall–Kier alpha value is -2.40. The monoisotopic (exact) mass is 397 g/mol. The number of aliphatic carboxylic acids is 1. The molecule has 146 valence electrons. The molecule has 1 aliphatic carbocycles. The minimum atomic E-state index is -0.822. The molecule has 0 spiro atoms. The van der Waals surface area contributed by atoms with Gasteiger partial charge in [0, 0.05) is 22.2 Å². The number of nitrogens with zero attached hydrogens (tertiary/aromatic N) is 1. The summed E-state index contributed by atoms with van der Waals surface area (Å²) in [5.74, 6) is -0.477. The van der Waals surface area contributed by atoms with E-state index in [1.54, 1.807) is 0 Å². The van der Waals surface area contributed by atoms with Crippen LogP contribution >= 0.6 is 11.6 Å². The van der Waals surface area contributed by atoms with E-state index in [1.165, 1.54) is 19.3 Å². The SMILES string of the molecule is O=C(O)CN1c2ccc(Cl)cc2C2Nc3ccccc3NC21C1CCCCC1. The van der Waals surface area contributed by atoms with Gasteiger partial charge in [-0.05, 0) is 43.2 Å². The normalized spacial score (nSPS) is 25.9. The number of rotatable bonds is 3. The fourth-order valence-electron chi connectivity index (χ4n) is 5.46. The second-order valence-corrected chi connectivity index (χ2v) is 8.53. The zero-order chi connectivity index (χ0) is 19.3. The van der Waals surface area contributed by atoms with Gasteiger partial charge in [-0.3, -0.25) is 4.79 Å². The number of nitrogens with one attached hydrogen (secondary N) is 2. The Labute approximate surface area is 169 Å². The highest BCUT2D eigenvalue weighted by atomic mass is 35.5. The highest BCUT2D eigenvalue weighted by molar-refractivity contribution is 6.30. The number of benzene rings is 2. The van der Waals surface area contributed by atoms with E-state index in [9.17, 15) is 9.90 Å². The molecule has 3 aliphatic rings. The number of carboxylic acid groups (broad SMARTS) is 1. The molecule has 1 fully saturated rings. The maximum Gasteiger partial charge on any atom is 0.323 e. The Balaban J connectivity index is 1.72. The van der Waals surface area contributed by atoms with E-state index < -0.39 is 11.6 Å². The van der Waals surface area contributed by atoms with Crippen LogP contribution in [-0.2, 0) is 4.79 Å². The van der Waals surface area contributed by atoms with Crippen molar-refractivity contribution in [1.82, 2.24) is 0 Å². The van der Waals surface area contributed by atoms with E-state index in [1.807, 2.05) is 30.3 Å². The summed E-state index contributed by atoms with van der Waals surface area (Å²) in [6, 6.07) is 13.9. The van der Waals surface area contributed by atoms with Gasteiger partial charge in [-0.25, -0.2) is 0 Å². The summed E-state index contributed by atoms with van der Waals surface area (Å²) in [6.07, 6.45) is 5.79. The van der Waals surface area contributed by atoms with Gasteiger partial charge in [0.05, 0.1) is 17.4 Å². The zero-order valence-electron chi connectivity index (χ0n) is 15.6. The van der Waals surface area contributed by atoms with Crippen LogP contribution < -0.4 is 15.5 Å². The minimum Gasteiger partial charge on any atom is -0.480 e. The van der Waals surface area contributed by atoms with E-state index in [4.69, 9.17) is 11.6 Å². The molecular weight excluding hydrogens is 374 g/mol. The molecule has 2 atom stereocenters. The summed E-state index contributed by atoms with van der Waals surface area (Å²) in [4.78, 5) is 13.9. The molecule has 0 amide bonds. The Morgan fingerprint density at radius 2 is 1.89 bits per heavy atom. The Morgan fingerprint density at radius 3 is 2.64 bits per heavy atom. The van der Waals surface area contributed by atoms with Crippen molar-refractivity contribution < 1.29 is 9.90 Å². The summed E-state index contributed by atoms with van der Waals surface area (Å²) in [5, 5.41) is 18.0. The quantitative estimate of drug-likeness (QED) is 0.672. The average molecular weight is 398 g/mol.